The molecule has 0 saturated carbocycles. The van der Waals surface area contributed by atoms with Crippen molar-refractivity contribution in [2.75, 3.05) is 11.1 Å². The lowest BCUT2D eigenvalue weighted by Gasteiger charge is -2.26. The van der Waals surface area contributed by atoms with Crippen molar-refractivity contribution < 1.29 is 7.27 Å². The molecule has 1 atom stereocenters. The standard InChI is InChI=1S/C20H18N6O.2H2/c21-8-12-6-13-2-1-3-17(20(13)25-9-12)26-14-4-5-16(22)15(7-14)19(23)18-10-24-11-27-18;;/h4-7,9-11,17,23,26H,1-3,22H2;2*1H/t17-;;/m1../s1. The van der Waals surface area contributed by atoms with Crippen molar-refractivity contribution >= 4 is 17.1 Å². The monoisotopic (exact) mass is 362 g/mol. The van der Waals surface area contributed by atoms with Crippen LogP contribution in [0.25, 0.3) is 0 Å². The van der Waals surface area contributed by atoms with Crippen LogP contribution < -0.4 is 11.1 Å². The number of nitrogens with two attached hydrogens (primary N) is 1. The van der Waals surface area contributed by atoms with Crippen molar-refractivity contribution in [2.45, 2.75) is 25.3 Å². The molecule has 27 heavy (non-hydrogen) atoms. The molecule has 0 radical (unpaired) electrons. The van der Waals surface area contributed by atoms with Crippen LogP contribution in [0.2, 0.25) is 0 Å². The molecule has 1 aliphatic carbocycles. The van der Waals surface area contributed by atoms with Gasteiger partial charge < -0.3 is 15.5 Å². The normalized spacial score (nSPS) is 15.6. The van der Waals surface area contributed by atoms with Gasteiger partial charge in [0.05, 0.1) is 23.5 Å². The van der Waals surface area contributed by atoms with Crippen molar-refractivity contribution in [3.63, 3.8) is 0 Å². The highest BCUT2D eigenvalue weighted by Crippen LogP contribution is 2.32. The number of hydrogen-bond acceptors (Lipinski definition) is 7. The van der Waals surface area contributed by atoms with Crippen LogP contribution in [0, 0.1) is 16.7 Å². The third kappa shape index (κ3) is 3.25. The van der Waals surface area contributed by atoms with E-state index in [1.54, 1.807) is 12.3 Å². The van der Waals surface area contributed by atoms with Crippen LogP contribution in [0.3, 0.4) is 0 Å². The van der Waals surface area contributed by atoms with Gasteiger partial charge in [0.15, 0.2) is 12.2 Å². The topological polar surface area (TPSA) is 125 Å². The van der Waals surface area contributed by atoms with Crippen LogP contribution in [0.1, 0.15) is 49.9 Å². The molecule has 0 spiro atoms. The quantitative estimate of drug-likeness (QED) is 0.477. The number of aryl methyl sites for hydroxylation is 1. The SMILES string of the molecule is N#Cc1cnc2c(c1)CCC[C@H]2Nc1ccc(N)c(C(=N)c2cnco2)c1.[HH].[HH]. The van der Waals surface area contributed by atoms with E-state index >= 15 is 0 Å². The van der Waals surface area contributed by atoms with E-state index in [1.165, 1.54) is 12.6 Å². The fourth-order valence-corrected chi connectivity index (χ4v) is 3.41. The van der Waals surface area contributed by atoms with Crippen molar-refractivity contribution in [3.8, 4) is 6.07 Å². The van der Waals surface area contributed by atoms with Gasteiger partial charge in [-0.2, -0.15) is 5.26 Å². The first-order valence-electron chi connectivity index (χ1n) is 8.68. The minimum absolute atomic E-state index is 0. The van der Waals surface area contributed by atoms with Crippen LogP contribution in [0.5, 0.6) is 0 Å². The summed E-state index contributed by atoms with van der Waals surface area (Å²) in [6.07, 6.45) is 7.31. The van der Waals surface area contributed by atoms with Crippen molar-refractivity contribution in [1.29, 1.82) is 10.7 Å². The summed E-state index contributed by atoms with van der Waals surface area (Å²) >= 11 is 0. The maximum absolute atomic E-state index is 9.08. The molecule has 4 rings (SSSR count). The molecule has 3 aromatic rings. The summed E-state index contributed by atoms with van der Waals surface area (Å²) in [7, 11) is 0. The Balaban J connectivity index is 0.00000150. The Morgan fingerprint density at radius 2 is 2.26 bits per heavy atom. The predicted octanol–water partition coefficient (Wildman–Crippen LogP) is 3.92. The van der Waals surface area contributed by atoms with Gasteiger partial charge in [-0.3, -0.25) is 10.4 Å². The maximum Gasteiger partial charge on any atom is 0.181 e. The minimum Gasteiger partial charge on any atom is -0.442 e. The van der Waals surface area contributed by atoms with E-state index in [9.17, 15) is 0 Å². The molecule has 2 aromatic heterocycles. The molecule has 4 N–H and O–H groups in total. The highest BCUT2D eigenvalue weighted by molar-refractivity contribution is 6.12. The zero-order valence-electron chi connectivity index (χ0n) is 14.6. The number of benzene rings is 1. The Bertz CT molecular complexity index is 1050. The second-order valence-corrected chi connectivity index (χ2v) is 6.51. The molecule has 138 valence electrons. The molecular formula is C20H22N6O. The lowest BCUT2D eigenvalue weighted by Crippen LogP contribution is -2.19. The molecule has 7 heteroatoms. The van der Waals surface area contributed by atoms with Gasteiger partial charge in [0.2, 0.25) is 0 Å². The lowest BCUT2D eigenvalue weighted by molar-refractivity contribution is 0.548. The summed E-state index contributed by atoms with van der Waals surface area (Å²) in [6, 6.07) is 9.64. The summed E-state index contributed by atoms with van der Waals surface area (Å²) in [6.45, 7) is 0. The molecule has 0 unspecified atom stereocenters. The van der Waals surface area contributed by atoms with Crippen LogP contribution in [-0.2, 0) is 6.42 Å². The van der Waals surface area contributed by atoms with E-state index in [1.807, 2.05) is 18.2 Å². The Morgan fingerprint density at radius 1 is 1.37 bits per heavy atom. The van der Waals surface area contributed by atoms with E-state index in [0.717, 1.165) is 36.2 Å². The van der Waals surface area contributed by atoms with Crippen LogP contribution in [0.15, 0.2) is 47.5 Å². The van der Waals surface area contributed by atoms with Gasteiger partial charge in [-0.15, -0.1) is 0 Å². The summed E-state index contributed by atoms with van der Waals surface area (Å²) in [5.74, 6) is 0.368. The molecule has 2 heterocycles. The lowest BCUT2D eigenvalue weighted by atomic mass is 9.91. The van der Waals surface area contributed by atoms with Crippen LogP contribution in [-0.4, -0.2) is 15.7 Å². The Kier molecular flexibility index (Phi) is 4.30. The van der Waals surface area contributed by atoms with Gasteiger partial charge >= 0.3 is 0 Å². The number of oxazole rings is 1. The molecule has 1 aromatic carbocycles. The van der Waals surface area contributed by atoms with Gasteiger partial charge in [0.1, 0.15) is 11.8 Å². The third-order valence-electron chi connectivity index (χ3n) is 4.74. The van der Waals surface area contributed by atoms with Crippen molar-refractivity contribution in [1.82, 2.24) is 9.97 Å². The highest BCUT2D eigenvalue weighted by atomic mass is 16.3. The fraction of sp³-hybridized carbons (Fsp3) is 0.200. The smallest absolute Gasteiger partial charge is 0.181 e. The second kappa shape index (κ2) is 6.92. The summed E-state index contributed by atoms with van der Waals surface area (Å²) in [5.41, 5.74) is 10.9. The van der Waals surface area contributed by atoms with Crippen LogP contribution in [0.4, 0.5) is 11.4 Å². The molecule has 1 aliphatic rings. The zero-order valence-corrected chi connectivity index (χ0v) is 14.6. The summed E-state index contributed by atoms with van der Waals surface area (Å²) < 4.78 is 5.21. The van der Waals surface area contributed by atoms with Gasteiger partial charge in [-0.1, -0.05) is 0 Å². The predicted molar refractivity (Wildman–Crippen MR) is 106 cm³/mol. The van der Waals surface area contributed by atoms with E-state index in [2.05, 4.69) is 21.4 Å². The number of fused-ring (bicyclic) bond motifs is 1. The largest absolute Gasteiger partial charge is 0.442 e. The average Bonchev–Trinajstić information content (AvgIpc) is 3.23. The summed E-state index contributed by atoms with van der Waals surface area (Å²) in [5, 5.41) is 20.9. The third-order valence-corrected chi connectivity index (χ3v) is 4.74. The van der Waals surface area contributed by atoms with E-state index < -0.39 is 0 Å². The highest BCUT2D eigenvalue weighted by Gasteiger charge is 2.22. The second-order valence-electron chi connectivity index (χ2n) is 6.51. The Hall–Kier alpha value is -3.66. The fourth-order valence-electron chi connectivity index (χ4n) is 3.41. The number of nitrogens with one attached hydrogen (secondary N) is 2. The van der Waals surface area contributed by atoms with Gasteiger partial charge in [0.25, 0.3) is 0 Å². The number of rotatable bonds is 4. The van der Waals surface area contributed by atoms with Crippen molar-refractivity contribution in [2.24, 2.45) is 0 Å². The zero-order chi connectivity index (χ0) is 18.8. The number of aromatic nitrogens is 2. The number of nitrogen functional groups attached to an aromatic ring is 1. The first-order chi connectivity index (χ1) is 13.2. The number of hydrogen-bond donors (Lipinski definition) is 3. The molecule has 0 aliphatic heterocycles. The maximum atomic E-state index is 9.08. The van der Waals surface area contributed by atoms with Gasteiger partial charge in [-0.25, -0.2) is 4.98 Å². The molecule has 0 fully saturated rings. The number of nitriles is 1. The number of pyridine rings is 1. The molecule has 7 nitrogen and oxygen atoms in total. The van der Waals surface area contributed by atoms with Crippen molar-refractivity contribution in [3.05, 3.63) is 71.2 Å². The molecule has 0 saturated heterocycles. The average molecular weight is 362 g/mol. The first kappa shape index (κ1) is 16.8. The first-order valence-corrected chi connectivity index (χ1v) is 8.68. The van der Waals surface area contributed by atoms with E-state index in [4.69, 9.17) is 20.8 Å². The van der Waals surface area contributed by atoms with E-state index in [-0.39, 0.29) is 14.6 Å². The number of nitrogens with zero attached hydrogens (tertiary/aromatic N) is 3. The minimum atomic E-state index is 0. The Morgan fingerprint density at radius 3 is 3.04 bits per heavy atom. The molecule has 0 bridgehead atoms. The number of anilines is 2. The van der Waals surface area contributed by atoms with Crippen LogP contribution >= 0.6 is 0 Å². The van der Waals surface area contributed by atoms with Gasteiger partial charge in [-0.05, 0) is 49.1 Å². The van der Waals surface area contributed by atoms with Gasteiger partial charge in [0, 0.05) is 26.0 Å². The Labute approximate surface area is 159 Å². The van der Waals surface area contributed by atoms with E-state index in [0.29, 0.717) is 22.6 Å². The molecule has 0 amide bonds. The molecular weight excluding hydrogens is 340 g/mol. The summed E-state index contributed by atoms with van der Waals surface area (Å²) in [4.78, 5) is 8.37.